The molecule has 0 amide bonds. The van der Waals surface area contributed by atoms with Gasteiger partial charge in [-0.25, -0.2) is 4.99 Å². The fourth-order valence-corrected chi connectivity index (χ4v) is 2.60. The molecule has 0 aromatic carbocycles. The van der Waals surface area contributed by atoms with Crippen LogP contribution in [-0.2, 0) is 4.74 Å². The SMILES string of the molecule is CCCCCCC(C)C1=NC2(CCC2)CO1. The molecule has 1 saturated carbocycles. The van der Waals surface area contributed by atoms with E-state index < -0.39 is 0 Å². The Morgan fingerprint density at radius 2 is 2.12 bits per heavy atom. The summed E-state index contributed by atoms with van der Waals surface area (Å²) in [6.07, 6.45) is 10.4. The molecule has 0 saturated heterocycles. The number of rotatable bonds is 6. The summed E-state index contributed by atoms with van der Waals surface area (Å²) >= 11 is 0. The maximum atomic E-state index is 5.78. The Hall–Kier alpha value is -0.530. The third-order valence-electron chi connectivity index (χ3n) is 4.03. The van der Waals surface area contributed by atoms with Crippen LogP contribution >= 0.6 is 0 Å². The van der Waals surface area contributed by atoms with Crippen molar-refractivity contribution in [1.82, 2.24) is 0 Å². The average Bonchev–Trinajstić information content (AvgIpc) is 2.69. The van der Waals surface area contributed by atoms with Crippen molar-refractivity contribution in [3.8, 4) is 0 Å². The minimum atomic E-state index is 0.229. The van der Waals surface area contributed by atoms with Crippen molar-refractivity contribution in [2.75, 3.05) is 6.61 Å². The van der Waals surface area contributed by atoms with Crippen molar-refractivity contribution >= 4 is 5.90 Å². The predicted octanol–water partition coefficient (Wildman–Crippen LogP) is 3.94. The summed E-state index contributed by atoms with van der Waals surface area (Å²) in [7, 11) is 0. The molecule has 1 spiro atoms. The number of hydrogen-bond acceptors (Lipinski definition) is 2. The second-order valence-corrected chi connectivity index (χ2v) is 5.57. The fourth-order valence-electron chi connectivity index (χ4n) is 2.60. The Morgan fingerprint density at radius 3 is 2.69 bits per heavy atom. The van der Waals surface area contributed by atoms with Gasteiger partial charge >= 0.3 is 0 Å². The van der Waals surface area contributed by atoms with Crippen LogP contribution in [0.1, 0.15) is 65.2 Å². The van der Waals surface area contributed by atoms with E-state index in [0.29, 0.717) is 5.92 Å². The summed E-state index contributed by atoms with van der Waals surface area (Å²) < 4.78 is 5.78. The van der Waals surface area contributed by atoms with Gasteiger partial charge < -0.3 is 4.74 Å². The van der Waals surface area contributed by atoms with E-state index in [1.54, 1.807) is 0 Å². The maximum Gasteiger partial charge on any atom is 0.186 e. The van der Waals surface area contributed by atoms with Crippen molar-refractivity contribution in [2.45, 2.75) is 70.8 Å². The van der Waals surface area contributed by atoms with Gasteiger partial charge in [0.25, 0.3) is 0 Å². The molecule has 2 heteroatoms. The van der Waals surface area contributed by atoms with Gasteiger partial charge in [-0.15, -0.1) is 0 Å². The molecule has 0 aromatic rings. The third kappa shape index (κ3) is 2.58. The Labute approximate surface area is 99.5 Å². The molecule has 1 atom stereocenters. The van der Waals surface area contributed by atoms with Crippen molar-refractivity contribution in [3.05, 3.63) is 0 Å². The van der Waals surface area contributed by atoms with Crippen molar-refractivity contribution in [1.29, 1.82) is 0 Å². The highest BCUT2D eigenvalue weighted by Gasteiger charge is 2.42. The quantitative estimate of drug-likeness (QED) is 0.625. The Kier molecular flexibility index (Phi) is 3.88. The van der Waals surface area contributed by atoms with Crippen LogP contribution in [0.25, 0.3) is 0 Å². The second kappa shape index (κ2) is 5.20. The molecular weight excluding hydrogens is 198 g/mol. The molecule has 1 aliphatic heterocycles. The molecular formula is C14H25NO. The van der Waals surface area contributed by atoms with Crippen molar-refractivity contribution in [2.24, 2.45) is 10.9 Å². The highest BCUT2D eigenvalue weighted by molar-refractivity contribution is 5.80. The average molecular weight is 223 g/mol. The summed E-state index contributed by atoms with van der Waals surface area (Å²) in [6, 6.07) is 0. The zero-order chi connectivity index (χ0) is 11.4. The number of hydrogen-bond donors (Lipinski definition) is 0. The summed E-state index contributed by atoms with van der Waals surface area (Å²) in [5.41, 5.74) is 0.229. The number of aliphatic imine (C=N–C) groups is 1. The minimum absolute atomic E-state index is 0.229. The molecule has 0 bridgehead atoms. The van der Waals surface area contributed by atoms with E-state index in [4.69, 9.17) is 9.73 Å². The van der Waals surface area contributed by atoms with Crippen LogP contribution in [0.2, 0.25) is 0 Å². The van der Waals surface area contributed by atoms with Gasteiger partial charge in [-0.2, -0.15) is 0 Å². The lowest BCUT2D eigenvalue weighted by atomic mass is 9.78. The number of unbranched alkanes of at least 4 members (excludes halogenated alkanes) is 3. The van der Waals surface area contributed by atoms with Crippen LogP contribution in [0, 0.1) is 5.92 Å². The summed E-state index contributed by atoms with van der Waals surface area (Å²) in [5.74, 6) is 1.59. The maximum absolute atomic E-state index is 5.78. The molecule has 2 aliphatic rings. The molecule has 0 aromatic heterocycles. The smallest absolute Gasteiger partial charge is 0.186 e. The van der Waals surface area contributed by atoms with Gasteiger partial charge in [0.1, 0.15) is 6.61 Å². The molecule has 92 valence electrons. The lowest BCUT2D eigenvalue weighted by molar-refractivity contribution is 0.171. The largest absolute Gasteiger partial charge is 0.478 e. The van der Waals surface area contributed by atoms with E-state index in [2.05, 4.69) is 13.8 Å². The molecule has 2 rings (SSSR count). The van der Waals surface area contributed by atoms with E-state index in [-0.39, 0.29) is 5.54 Å². The first-order valence-electron chi connectivity index (χ1n) is 6.98. The highest BCUT2D eigenvalue weighted by atomic mass is 16.5. The van der Waals surface area contributed by atoms with Gasteiger partial charge in [0, 0.05) is 5.92 Å². The summed E-state index contributed by atoms with van der Waals surface area (Å²) in [6.45, 7) is 5.39. The van der Waals surface area contributed by atoms with Crippen LogP contribution < -0.4 is 0 Å². The van der Waals surface area contributed by atoms with Gasteiger partial charge in [-0.3, -0.25) is 0 Å². The van der Waals surface area contributed by atoms with E-state index in [0.717, 1.165) is 12.5 Å². The molecule has 1 heterocycles. The van der Waals surface area contributed by atoms with E-state index in [9.17, 15) is 0 Å². The molecule has 1 aliphatic carbocycles. The molecule has 1 fully saturated rings. The third-order valence-corrected chi connectivity index (χ3v) is 4.03. The first-order valence-corrected chi connectivity index (χ1v) is 6.98. The lowest BCUT2D eigenvalue weighted by Gasteiger charge is -2.32. The molecule has 0 N–H and O–H groups in total. The minimum Gasteiger partial charge on any atom is -0.478 e. The number of nitrogens with zero attached hydrogens (tertiary/aromatic N) is 1. The lowest BCUT2D eigenvalue weighted by Crippen LogP contribution is -2.36. The first-order chi connectivity index (χ1) is 7.76. The van der Waals surface area contributed by atoms with E-state index >= 15 is 0 Å². The Bertz CT molecular complexity index is 255. The fraction of sp³-hybridized carbons (Fsp3) is 0.929. The van der Waals surface area contributed by atoms with Crippen LogP contribution in [0.5, 0.6) is 0 Å². The normalized spacial score (nSPS) is 23.8. The van der Waals surface area contributed by atoms with Crippen LogP contribution in [0.15, 0.2) is 4.99 Å². The Balaban J connectivity index is 1.73. The van der Waals surface area contributed by atoms with Gasteiger partial charge in [0.2, 0.25) is 0 Å². The summed E-state index contributed by atoms with van der Waals surface area (Å²) in [4.78, 5) is 4.82. The van der Waals surface area contributed by atoms with Crippen LogP contribution in [0.4, 0.5) is 0 Å². The van der Waals surface area contributed by atoms with Crippen molar-refractivity contribution in [3.63, 3.8) is 0 Å². The molecule has 0 radical (unpaired) electrons. The van der Waals surface area contributed by atoms with Gasteiger partial charge in [0.05, 0.1) is 5.54 Å². The molecule has 16 heavy (non-hydrogen) atoms. The summed E-state index contributed by atoms with van der Waals surface area (Å²) in [5, 5.41) is 0. The monoisotopic (exact) mass is 223 g/mol. The van der Waals surface area contributed by atoms with Crippen LogP contribution in [0.3, 0.4) is 0 Å². The zero-order valence-electron chi connectivity index (χ0n) is 10.8. The predicted molar refractivity (Wildman–Crippen MR) is 67.9 cm³/mol. The molecule has 1 unspecified atom stereocenters. The van der Waals surface area contributed by atoms with E-state index in [1.807, 2.05) is 0 Å². The topological polar surface area (TPSA) is 21.6 Å². The highest BCUT2D eigenvalue weighted by Crippen LogP contribution is 2.40. The van der Waals surface area contributed by atoms with Gasteiger partial charge in [0.15, 0.2) is 5.90 Å². The van der Waals surface area contributed by atoms with Crippen molar-refractivity contribution < 1.29 is 4.74 Å². The van der Waals surface area contributed by atoms with Gasteiger partial charge in [-0.05, 0) is 25.7 Å². The van der Waals surface area contributed by atoms with Gasteiger partial charge in [-0.1, -0.05) is 39.5 Å². The first kappa shape index (κ1) is 11.9. The second-order valence-electron chi connectivity index (χ2n) is 5.57. The Morgan fingerprint density at radius 1 is 1.31 bits per heavy atom. The zero-order valence-corrected chi connectivity index (χ0v) is 10.8. The number of ether oxygens (including phenoxy) is 1. The van der Waals surface area contributed by atoms with Crippen LogP contribution in [-0.4, -0.2) is 18.0 Å². The standard InChI is InChI=1S/C14H25NO/c1-3-4-5-6-8-12(2)13-15-14(11-16-13)9-7-10-14/h12H,3-11H2,1-2H3. The molecule has 2 nitrogen and oxygen atoms in total. The van der Waals surface area contributed by atoms with E-state index in [1.165, 1.54) is 51.4 Å².